The van der Waals surface area contributed by atoms with Gasteiger partial charge in [0.1, 0.15) is 5.82 Å². The smallest absolute Gasteiger partial charge is 0.322 e. The molecule has 0 saturated carbocycles. The number of amides is 2. The van der Waals surface area contributed by atoms with Crippen molar-refractivity contribution in [2.45, 2.75) is 19.9 Å². The zero-order valence-corrected chi connectivity index (χ0v) is 21.2. The number of rotatable bonds is 4. The van der Waals surface area contributed by atoms with E-state index in [2.05, 4.69) is 22.0 Å². The first-order valence-electron chi connectivity index (χ1n) is 12.0. The quantitative estimate of drug-likeness (QED) is 0.523. The maximum absolute atomic E-state index is 13.1. The van der Waals surface area contributed by atoms with E-state index in [0.717, 1.165) is 61.2 Å². The molecule has 1 N–H and O–H groups in total. The Morgan fingerprint density at radius 3 is 2.46 bits per heavy atom. The third-order valence-electron chi connectivity index (χ3n) is 6.65. The normalized spacial score (nSPS) is 16.2. The Bertz CT molecular complexity index is 1210. The van der Waals surface area contributed by atoms with Gasteiger partial charge < -0.3 is 20.0 Å². The fourth-order valence-electron chi connectivity index (χ4n) is 4.60. The molecule has 0 atom stereocenters. The van der Waals surface area contributed by atoms with Crippen molar-refractivity contribution >= 4 is 40.7 Å². The average molecular weight is 511 g/mol. The van der Waals surface area contributed by atoms with Crippen molar-refractivity contribution in [1.82, 2.24) is 19.8 Å². The number of fused-ring (bicyclic) bond motifs is 1. The van der Waals surface area contributed by atoms with Gasteiger partial charge in [0.15, 0.2) is 5.82 Å². The molecule has 1 fully saturated rings. The van der Waals surface area contributed by atoms with E-state index in [1.807, 2.05) is 35.2 Å². The number of halogens is 2. The molecule has 2 amide bonds. The van der Waals surface area contributed by atoms with Crippen molar-refractivity contribution in [2.75, 3.05) is 49.5 Å². The number of aromatic nitrogens is 2. The largest absolute Gasteiger partial charge is 0.354 e. The van der Waals surface area contributed by atoms with Crippen LogP contribution in [0.2, 0.25) is 10.0 Å². The molecule has 35 heavy (non-hydrogen) atoms. The van der Waals surface area contributed by atoms with Gasteiger partial charge in [-0.25, -0.2) is 14.8 Å². The van der Waals surface area contributed by atoms with Gasteiger partial charge in [-0.05, 0) is 24.7 Å². The van der Waals surface area contributed by atoms with Gasteiger partial charge in [-0.15, -0.1) is 0 Å². The topological polar surface area (TPSA) is 64.6 Å². The highest BCUT2D eigenvalue weighted by molar-refractivity contribution is 6.42. The predicted octanol–water partition coefficient (Wildman–Crippen LogP) is 5.18. The number of carbonyl (C=O) groups is 1. The Morgan fingerprint density at radius 2 is 1.74 bits per heavy atom. The van der Waals surface area contributed by atoms with Gasteiger partial charge in [0, 0.05) is 56.0 Å². The number of anilines is 2. The SMILES string of the molecule is CCN1CCN(c2nc(-c3ccccc3)nc3c2CN(C(=O)Nc2ccc(Cl)c(Cl)c2)CC3)CC1. The van der Waals surface area contributed by atoms with Gasteiger partial charge >= 0.3 is 6.03 Å². The molecule has 2 aliphatic heterocycles. The van der Waals surface area contributed by atoms with Crippen molar-refractivity contribution in [1.29, 1.82) is 0 Å². The Hall–Kier alpha value is -2.87. The molecule has 9 heteroatoms. The standard InChI is InChI=1S/C26H28Cl2N6O/c1-2-32-12-14-33(15-13-32)25-20-17-34(26(35)29-19-8-9-21(27)22(28)16-19)11-10-23(20)30-24(31-25)18-6-4-3-5-7-18/h3-9,16H,2,10-15,17H2,1H3,(H,29,35). The Morgan fingerprint density at radius 1 is 0.971 bits per heavy atom. The van der Waals surface area contributed by atoms with Crippen LogP contribution in [0.15, 0.2) is 48.5 Å². The predicted molar refractivity (Wildman–Crippen MR) is 141 cm³/mol. The van der Waals surface area contributed by atoms with E-state index in [1.54, 1.807) is 18.2 Å². The summed E-state index contributed by atoms with van der Waals surface area (Å²) in [7, 11) is 0. The van der Waals surface area contributed by atoms with Crippen molar-refractivity contribution < 1.29 is 4.79 Å². The van der Waals surface area contributed by atoms with Crippen LogP contribution < -0.4 is 10.2 Å². The molecule has 2 aromatic carbocycles. The molecule has 1 saturated heterocycles. The highest BCUT2D eigenvalue weighted by Crippen LogP contribution is 2.31. The summed E-state index contributed by atoms with van der Waals surface area (Å²) >= 11 is 12.1. The fraction of sp³-hybridized carbons (Fsp3) is 0.346. The zero-order valence-electron chi connectivity index (χ0n) is 19.7. The number of carbonyl (C=O) groups excluding carboxylic acids is 1. The summed E-state index contributed by atoms with van der Waals surface area (Å²) in [6.07, 6.45) is 0.675. The number of piperazine rings is 1. The lowest BCUT2D eigenvalue weighted by molar-refractivity contribution is 0.205. The first-order valence-corrected chi connectivity index (χ1v) is 12.7. The first-order chi connectivity index (χ1) is 17.0. The number of hydrogen-bond acceptors (Lipinski definition) is 5. The number of urea groups is 1. The second-order valence-corrected chi connectivity index (χ2v) is 9.63. The van der Waals surface area contributed by atoms with Crippen LogP contribution >= 0.6 is 23.2 Å². The first kappa shape index (κ1) is 23.9. The molecule has 5 rings (SSSR count). The highest BCUT2D eigenvalue weighted by atomic mass is 35.5. The van der Waals surface area contributed by atoms with Crippen molar-refractivity contribution in [3.8, 4) is 11.4 Å². The summed E-state index contributed by atoms with van der Waals surface area (Å²) in [5.41, 5.74) is 3.67. The molecule has 3 aromatic rings. The molecule has 1 aromatic heterocycles. The molecule has 0 spiro atoms. The van der Waals surface area contributed by atoms with Crippen LogP contribution in [0.25, 0.3) is 11.4 Å². The lowest BCUT2D eigenvalue weighted by Crippen LogP contribution is -2.47. The van der Waals surface area contributed by atoms with Gasteiger partial charge in [-0.1, -0.05) is 60.5 Å². The van der Waals surface area contributed by atoms with E-state index >= 15 is 0 Å². The second-order valence-electron chi connectivity index (χ2n) is 8.81. The van der Waals surface area contributed by atoms with Crippen molar-refractivity contribution in [3.05, 3.63) is 69.8 Å². The molecule has 0 bridgehead atoms. The van der Waals surface area contributed by atoms with Crippen LogP contribution in [0.1, 0.15) is 18.2 Å². The third-order valence-corrected chi connectivity index (χ3v) is 7.39. The maximum Gasteiger partial charge on any atom is 0.322 e. The number of hydrogen-bond donors (Lipinski definition) is 1. The van der Waals surface area contributed by atoms with Crippen LogP contribution in [0.4, 0.5) is 16.3 Å². The van der Waals surface area contributed by atoms with Gasteiger partial charge in [0.05, 0.1) is 22.3 Å². The molecule has 2 aliphatic rings. The molecular formula is C26H28Cl2N6O. The molecule has 3 heterocycles. The highest BCUT2D eigenvalue weighted by Gasteiger charge is 2.29. The van der Waals surface area contributed by atoms with E-state index in [9.17, 15) is 4.79 Å². The molecule has 0 unspecified atom stereocenters. The van der Waals surface area contributed by atoms with Crippen LogP contribution in [0.3, 0.4) is 0 Å². The summed E-state index contributed by atoms with van der Waals surface area (Å²) in [4.78, 5) is 29.7. The van der Waals surface area contributed by atoms with Crippen molar-refractivity contribution in [3.63, 3.8) is 0 Å². The Labute approximate surface area is 215 Å². The monoisotopic (exact) mass is 510 g/mol. The van der Waals surface area contributed by atoms with Crippen LogP contribution in [-0.4, -0.2) is 65.1 Å². The fourth-order valence-corrected chi connectivity index (χ4v) is 4.90. The minimum absolute atomic E-state index is 0.178. The molecule has 0 radical (unpaired) electrons. The maximum atomic E-state index is 13.1. The molecule has 7 nitrogen and oxygen atoms in total. The molecular weight excluding hydrogens is 483 g/mol. The Kier molecular flexibility index (Phi) is 7.09. The summed E-state index contributed by atoms with van der Waals surface area (Å²) in [5.74, 6) is 1.68. The van der Waals surface area contributed by atoms with E-state index in [0.29, 0.717) is 35.2 Å². The Balaban J connectivity index is 1.43. The zero-order chi connectivity index (χ0) is 24.4. The summed E-state index contributed by atoms with van der Waals surface area (Å²) in [6.45, 7) is 8.08. The minimum atomic E-state index is -0.178. The third kappa shape index (κ3) is 5.22. The number of nitrogens with one attached hydrogen (secondary N) is 1. The van der Waals surface area contributed by atoms with Gasteiger partial charge in [0.2, 0.25) is 0 Å². The number of nitrogens with zero attached hydrogens (tertiary/aromatic N) is 5. The van der Waals surface area contributed by atoms with Gasteiger partial charge in [-0.3, -0.25) is 0 Å². The van der Waals surface area contributed by atoms with Gasteiger partial charge in [-0.2, -0.15) is 0 Å². The van der Waals surface area contributed by atoms with Gasteiger partial charge in [0.25, 0.3) is 0 Å². The molecule has 0 aliphatic carbocycles. The van der Waals surface area contributed by atoms with Crippen molar-refractivity contribution in [2.24, 2.45) is 0 Å². The number of likely N-dealkylation sites (N-methyl/N-ethyl adjacent to an activating group) is 1. The van der Waals surface area contributed by atoms with Crippen LogP contribution in [0.5, 0.6) is 0 Å². The average Bonchev–Trinajstić information content (AvgIpc) is 2.90. The van der Waals surface area contributed by atoms with E-state index < -0.39 is 0 Å². The lowest BCUT2D eigenvalue weighted by Gasteiger charge is -2.37. The van der Waals surface area contributed by atoms with E-state index in [1.165, 1.54) is 0 Å². The van der Waals surface area contributed by atoms with E-state index in [4.69, 9.17) is 33.2 Å². The summed E-state index contributed by atoms with van der Waals surface area (Å²) < 4.78 is 0. The van der Waals surface area contributed by atoms with Crippen LogP contribution in [-0.2, 0) is 13.0 Å². The minimum Gasteiger partial charge on any atom is -0.354 e. The lowest BCUT2D eigenvalue weighted by atomic mass is 10.0. The summed E-state index contributed by atoms with van der Waals surface area (Å²) in [6, 6.07) is 15.0. The van der Waals surface area contributed by atoms with Crippen LogP contribution in [0, 0.1) is 0 Å². The van der Waals surface area contributed by atoms with E-state index in [-0.39, 0.29) is 6.03 Å². The molecule has 182 valence electrons. The second kappa shape index (κ2) is 10.4. The number of benzene rings is 2. The summed E-state index contributed by atoms with van der Waals surface area (Å²) in [5, 5.41) is 3.80.